The van der Waals surface area contributed by atoms with Gasteiger partial charge in [0, 0.05) is 18.7 Å². The van der Waals surface area contributed by atoms with E-state index in [0.29, 0.717) is 5.56 Å². The van der Waals surface area contributed by atoms with E-state index >= 15 is 0 Å². The lowest BCUT2D eigenvalue weighted by atomic mass is 10.1. The van der Waals surface area contributed by atoms with Crippen molar-refractivity contribution in [2.75, 3.05) is 11.0 Å². The van der Waals surface area contributed by atoms with Crippen LogP contribution in [0.5, 0.6) is 0 Å². The highest BCUT2D eigenvalue weighted by molar-refractivity contribution is 7.92. The fourth-order valence-electron chi connectivity index (χ4n) is 2.26. The number of hydrogen-bond donors (Lipinski definition) is 3. The molecule has 2 rings (SSSR count). The molecule has 0 aromatic heterocycles. The molecule has 1 atom stereocenters. The van der Waals surface area contributed by atoms with Crippen LogP contribution in [0, 0.1) is 18.2 Å². The number of nitrogens with two attached hydrogens (primary N) is 1. The summed E-state index contributed by atoms with van der Waals surface area (Å²) >= 11 is 0. The van der Waals surface area contributed by atoms with Gasteiger partial charge in [-0.25, -0.2) is 12.8 Å². The number of allylic oxidation sites excluding steroid dienone is 2. The molecule has 1 amide bonds. The zero-order valence-corrected chi connectivity index (χ0v) is 14.8. The average molecular weight is 375 g/mol. The molecule has 1 aromatic carbocycles. The third kappa shape index (κ3) is 5.31. The average Bonchev–Trinajstić information content (AvgIpc) is 2.97. The van der Waals surface area contributed by atoms with E-state index in [1.54, 1.807) is 24.3 Å². The largest absolute Gasteiger partial charge is 0.348 e. The van der Waals surface area contributed by atoms with Gasteiger partial charge in [0.1, 0.15) is 5.82 Å². The van der Waals surface area contributed by atoms with Crippen molar-refractivity contribution in [2.24, 2.45) is 5.73 Å². The Hall–Kier alpha value is -2.89. The van der Waals surface area contributed by atoms with E-state index in [9.17, 15) is 17.6 Å². The molecule has 1 aliphatic carbocycles. The highest BCUT2D eigenvalue weighted by Gasteiger charge is 2.14. The van der Waals surface area contributed by atoms with Crippen molar-refractivity contribution in [1.82, 2.24) is 5.32 Å². The van der Waals surface area contributed by atoms with Gasteiger partial charge in [0.05, 0.1) is 17.5 Å². The van der Waals surface area contributed by atoms with Crippen molar-refractivity contribution in [3.05, 3.63) is 65.0 Å². The first-order valence-electron chi connectivity index (χ1n) is 7.56. The van der Waals surface area contributed by atoms with Crippen LogP contribution in [0.25, 0.3) is 0 Å². The Labute approximate surface area is 151 Å². The number of benzene rings is 1. The Balaban J connectivity index is 2.06. The standard InChI is InChI=1S/C18H18FN3O3S/c1-3-13-9-12(10-15(19)18(13)22-26(2,24)25)11-21-17(23)8-7-14-5-4-6-16(14)20/h1,4-10,16,22H,11,20H2,2H3,(H,21,23)/b8-7+. The van der Waals surface area contributed by atoms with Gasteiger partial charge in [0.2, 0.25) is 15.9 Å². The van der Waals surface area contributed by atoms with Crippen LogP contribution in [-0.2, 0) is 21.4 Å². The van der Waals surface area contributed by atoms with Gasteiger partial charge in [-0.15, -0.1) is 6.42 Å². The maximum atomic E-state index is 14.2. The molecule has 0 aliphatic heterocycles. The molecule has 0 fully saturated rings. The molecule has 1 aromatic rings. The van der Waals surface area contributed by atoms with Crippen molar-refractivity contribution in [3.8, 4) is 12.3 Å². The van der Waals surface area contributed by atoms with E-state index < -0.39 is 15.8 Å². The maximum Gasteiger partial charge on any atom is 0.244 e. The molecule has 0 saturated heterocycles. The van der Waals surface area contributed by atoms with Gasteiger partial charge >= 0.3 is 0 Å². The van der Waals surface area contributed by atoms with Crippen LogP contribution in [0.3, 0.4) is 0 Å². The third-order valence-electron chi connectivity index (χ3n) is 3.48. The molecule has 0 bridgehead atoms. The van der Waals surface area contributed by atoms with E-state index in [4.69, 9.17) is 12.2 Å². The lowest BCUT2D eigenvalue weighted by Crippen LogP contribution is -2.21. The number of hydrogen-bond acceptors (Lipinski definition) is 4. The third-order valence-corrected chi connectivity index (χ3v) is 4.05. The minimum absolute atomic E-state index is 0.0251. The fraction of sp³-hybridized carbons (Fsp3) is 0.167. The van der Waals surface area contributed by atoms with E-state index in [-0.39, 0.29) is 29.7 Å². The molecule has 0 radical (unpaired) electrons. The molecule has 26 heavy (non-hydrogen) atoms. The first-order valence-corrected chi connectivity index (χ1v) is 9.45. The number of amides is 1. The van der Waals surface area contributed by atoms with E-state index in [0.717, 1.165) is 17.9 Å². The zero-order valence-electron chi connectivity index (χ0n) is 14.0. The summed E-state index contributed by atoms with van der Waals surface area (Å²) in [6, 6.07) is 2.30. The lowest BCUT2D eigenvalue weighted by Gasteiger charge is -2.11. The van der Waals surface area contributed by atoms with Crippen molar-refractivity contribution in [3.63, 3.8) is 0 Å². The minimum Gasteiger partial charge on any atom is -0.348 e. The van der Waals surface area contributed by atoms with Crippen molar-refractivity contribution >= 4 is 21.6 Å². The van der Waals surface area contributed by atoms with Crippen molar-refractivity contribution < 1.29 is 17.6 Å². The normalized spacial score (nSPS) is 16.4. The first-order chi connectivity index (χ1) is 12.2. The SMILES string of the molecule is C#Cc1cc(CNC(=O)/C=C/C2=CC=CC2N)cc(F)c1NS(C)(=O)=O. The van der Waals surface area contributed by atoms with Crippen LogP contribution in [-0.4, -0.2) is 26.6 Å². The Morgan fingerprint density at radius 3 is 2.77 bits per heavy atom. The van der Waals surface area contributed by atoms with Gasteiger partial charge in [0.25, 0.3) is 0 Å². The molecule has 0 saturated carbocycles. The number of halogens is 1. The number of carbonyl (C=O) groups is 1. The van der Waals surface area contributed by atoms with Crippen LogP contribution in [0.1, 0.15) is 11.1 Å². The zero-order chi connectivity index (χ0) is 19.3. The summed E-state index contributed by atoms with van der Waals surface area (Å²) in [7, 11) is -3.68. The highest BCUT2D eigenvalue weighted by atomic mass is 32.2. The number of anilines is 1. The summed E-state index contributed by atoms with van der Waals surface area (Å²) in [5.41, 5.74) is 6.74. The predicted octanol–water partition coefficient (Wildman–Crippen LogP) is 1.17. The second kappa shape index (κ2) is 7.99. The summed E-state index contributed by atoms with van der Waals surface area (Å²) in [5, 5.41) is 2.60. The summed E-state index contributed by atoms with van der Waals surface area (Å²) < 4.78 is 38.8. The van der Waals surface area contributed by atoms with E-state index in [1.807, 2.05) is 4.72 Å². The van der Waals surface area contributed by atoms with Gasteiger partial charge < -0.3 is 11.1 Å². The molecule has 6 nitrogen and oxygen atoms in total. The molecule has 136 valence electrons. The molecular formula is C18H18FN3O3S. The van der Waals surface area contributed by atoms with Crippen molar-refractivity contribution in [1.29, 1.82) is 0 Å². The molecular weight excluding hydrogens is 357 g/mol. The fourth-order valence-corrected chi connectivity index (χ4v) is 2.84. The molecule has 1 unspecified atom stereocenters. The second-order valence-corrected chi connectivity index (χ2v) is 7.40. The Morgan fingerprint density at radius 2 is 2.19 bits per heavy atom. The predicted molar refractivity (Wildman–Crippen MR) is 99.0 cm³/mol. The summed E-state index contributed by atoms with van der Waals surface area (Å²) in [6.45, 7) is 0.0251. The summed E-state index contributed by atoms with van der Waals surface area (Å²) in [6.07, 6.45) is 14.6. The van der Waals surface area contributed by atoms with Gasteiger partial charge in [-0.2, -0.15) is 0 Å². The smallest absolute Gasteiger partial charge is 0.244 e. The minimum atomic E-state index is -3.68. The van der Waals surface area contributed by atoms with E-state index in [2.05, 4.69) is 11.2 Å². The Kier molecular flexibility index (Phi) is 5.97. The Morgan fingerprint density at radius 1 is 1.46 bits per heavy atom. The van der Waals surface area contributed by atoms with Crippen LogP contribution in [0.4, 0.5) is 10.1 Å². The molecule has 0 spiro atoms. The maximum absolute atomic E-state index is 14.2. The number of terminal acetylenes is 1. The molecule has 4 N–H and O–H groups in total. The topological polar surface area (TPSA) is 101 Å². The molecule has 8 heteroatoms. The summed E-state index contributed by atoms with van der Waals surface area (Å²) in [4.78, 5) is 11.9. The molecule has 1 aliphatic rings. The summed E-state index contributed by atoms with van der Waals surface area (Å²) in [5.74, 6) is 1.03. The number of nitrogens with one attached hydrogen (secondary N) is 2. The van der Waals surface area contributed by atoms with Gasteiger partial charge in [-0.1, -0.05) is 30.2 Å². The van der Waals surface area contributed by atoms with Crippen LogP contribution in [0.15, 0.2) is 48.1 Å². The van der Waals surface area contributed by atoms with Gasteiger partial charge in [-0.05, 0) is 23.3 Å². The van der Waals surface area contributed by atoms with Crippen molar-refractivity contribution in [2.45, 2.75) is 12.6 Å². The lowest BCUT2D eigenvalue weighted by molar-refractivity contribution is -0.116. The number of rotatable bonds is 6. The van der Waals surface area contributed by atoms with Crippen LogP contribution >= 0.6 is 0 Å². The Bertz CT molecular complexity index is 957. The quantitative estimate of drug-likeness (QED) is 0.513. The number of carbonyl (C=O) groups excluding carboxylic acids is 1. The first kappa shape index (κ1) is 19.4. The highest BCUT2D eigenvalue weighted by Crippen LogP contribution is 2.22. The monoisotopic (exact) mass is 375 g/mol. The van der Waals surface area contributed by atoms with Crippen LogP contribution in [0.2, 0.25) is 0 Å². The van der Waals surface area contributed by atoms with Gasteiger partial charge in [0.15, 0.2) is 0 Å². The number of sulfonamides is 1. The second-order valence-electron chi connectivity index (χ2n) is 5.65. The molecule has 0 heterocycles. The van der Waals surface area contributed by atoms with Crippen LogP contribution < -0.4 is 15.8 Å². The van der Waals surface area contributed by atoms with Gasteiger partial charge in [-0.3, -0.25) is 9.52 Å². The van der Waals surface area contributed by atoms with E-state index in [1.165, 1.54) is 12.1 Å².